The SMILES string of the molecule is CN(CCCNC(=O)c1c[nH]c2c1Cc1ccccc1-2)CCCNC(=O)c1c[nH]c2c1Cc1ccccc1-2. The van der Waals surface area contributed by atoms with Crippen LogP contribution in [0.2, 0.25) is 0 Å². The zero-order valence-corrected chi connectivity index (χ0v) is 21.7. The Balaban J connectivity index is 0.892. The second-order valence-corrected chi connectivity index (χ2v) is 10.3. The van der Waals surface area contributed by atoms with Gasteiger partial charge in [0, 0.05) is 49.5 Å². The van der Waals surface area contributed by atoms with Gasteiger partial charge in [0.2, 0.25) is 0 Å². The van der Waals surface area contributed by atoms with E-state index in [0.29, 0.717) is 13.1 Å². The Morgan fingerprint density at radius 1 is 0.737 bits per heavy atom. The molecule has 0 spiro atoms. The minimum atomic E-state index is -0.0139. The summed E-state index contributed by atoms with van der Waals surface area (Å²) in [6.07, 6.45) is 7.01. The van der Waals surface area contributed by atoms with E-state index in [9.17, 15) is 9.59 Å². The average Bonchev–Trinajstić information content (AvgIpc) is 3.68. The van der Waals surface area contributed by atoms with Gasteiger partial charge in [-0.1, -0.05) is 48.5 Å². The molecule has 0 saturated carbocycles. The molecule has 0 aliphatic heterocycles. The van der Waals surface area contributed by atoms with Crippen LogP contribution in [0.1, 0.15) is 55.8 Å². The maximum absolute atomic E-state index is 12.8. The number of carbonyl (C=O) groups excluding carboxylic acids is 2. The molecule has 7 heteroatoms. The molecule has 0 bridgehead atoms. The lowest BCUT2D eigenvalue weighted by atomic mass is 10.1. The maximum atomic E-state index is 12.8. The van der Waals surface area contributed by atoms with Gasteiger partial charge in [0.05, 0.1) is 22.5 Å². The Bertz CT molecular complexity index is 1390. The van der Waals surface area contributed by atoms with Gasteiger partial charge in [-0.3, -0.25) is 9.59 Å². The molecule has 0 saturated heterocycles. The summed E-state index contributed by atoms with van der Waals surface area (Å²) in [5, 5.41) is 6.15. The summed E-state index contributed by atoms with van der Waals surface area (Å²) >= 11 is 0. The van der Waals surface area contributed by atoms with Gasteiger partial charge in [-0.2, -0.15) is 0 Å². The molecular formula is C31H33N5O2. The predicted molar refractivity (Wildman–Crippen MR) is 149 cm³/mol. The van der Waals surface area contributed by atoms with Crippen LogP contribution in [0.3, 0.4) is 0 Å². The van der Waals surface area contributed by atoms with Gasteiger partial charge in [0.25, 0.3) is 11.8 Å². The van der Waals surface area contributed by atoms with E-state index >= 15 is 0 Å². The summed E-state index contributed by atoms with van der Waals surface area (Å²) in [5.41, 5.74) is 10.8. The molecule has 4 aromatic rings. The van der Waals surface area contributed by atoms with E-state index in [1.165, 1.54) is 22.3 Å². The summed E-state index contributed by atoms with van der Waals surface area (Å²) < 4.78 is 0. The van der Waals surface area contributed by atoms with Gasteiger partial charge >= 0.3 is 0 Å². The van der Waals surface area contributed by atoms with Crippen LogP contribution in [-0.2, 0) is 12.8 Å². The molecule has 7 nitrogen and oxygen atoms in total. The molecule has 194 valence electrons. The summed E-state index contributed by atoms with van der Waals surface area (Å²) in [6.45, 7) is 3.03. The Hall–Kier alpha value is -4.10. The third-order valence-corrected chi connectivity index (χ3v) is 7.78. The average molecular weight is 508 g/mol. The number of rotatable bonds is 10. The molecule has 38 heavy (non-hydrogen) atoms. The van der Waals surface area contributed by atoms with Crippen molar-refractivity contribution in [2.45, 2.75) is 25.7 Å². The molecule has 2 aromatic carbocycles. The summed E-state index contributed by atoms with van der Waals surface area (Å²) in [4.78, 5) is 34.4. The Morgan fingerprint density at radius 3 is 1.66 bits per heavy atom. The fourth-order valence-electron chi connectivity index (χ4n) is 5.78. The van der Waals surface area contributed by atoms with Crippen molar-refractivity contribution in [2.24, 2.45) is 0 Å². The number of benzene rings is 2. The first-order valence-electron chi connectivity index (χ1n) is 13.4. The third kappa shape index (κ3) is 4.54. The number of aromatic amines is 2. The third-order valence-electron chi connectivity index (χ3n) is 7.78. The lowest BCUT2D eigenvalue weighted by Crippen LogP contribution is -2.31. The minimum absolute atomic E-state index is 0.0139. The smallest absolute Gasteiger partial charge is 0.253 e. The van der Waals surface area contributed by atoms with Gasteiger partial charge in [0.1, 0.15) is 0 Å². The van der Waals surface area contributed by atoms with E-state index in [1.54, 1.807) is 0 Å². The standard InChI is InChI=1S/C31H33N5O2/c1-36(14-6-12-32-30(37)26-18-34-28-22-10-4-2-8-20(22)16-24(26)28)15-7-13-33-31(38)27-19-35-29-23-11-5-3-9-21(23)17-25(27)29/h2-5,8-11,18-19,34-35H,6-7,12-17H2,1H3,(H,32,37)(H,33,38). The van der Waals surface area contributed by atoms with E-state index in [0.717, 1.165) is 72.4 Å². The van der Waals surface area contributed by atoms with E-state index in [-0.39, 0.29) is 11.8 Å². The highest BCUT2D eigenvalue weighted by atomic mass is 16.2. The zero-order chi connectivity index (χ0) is 26.1. The second kappa shape index (κ2) is 10.3. The lowest BCUT2D eigenvalue weighted by molar-refractivity contribution is 0.0945. The van der Waals surface area contributed by atoms with E-state index in [4.69, 9.17) is 0 Å². The minimum Gasteiger partial charge on any atom is -0.360 e. The number of fused-ring (bicyclic) bond motifs is 6. The molecule has 0 fully saturated rings. The van der Waals surface area contributed by atoms with Gasteiger partial charge in [-0.05, 0) is 55.2 Å². The number of H-pyrrole nitrogens is 2. The van der Waals surface area contributed by atoms with E-state index in [2.05, 4.69) is 56.8 Å². The van der Waals surface area contributed by atoms with Crippen molar-refractivity contribution in [3.63, 3.8) is 0 Å². The van der Waals surface area contributed by atoms with Crippen molar-refractivity contribution < 1.29 is 9.59 Å². The molecule has 2 aliphatic carbocycles. The zero-order valence-electron chi connectivity index (χ0n) is 21.7. The van der Waals surface area contributed by atoms with E-state index in [1.807, 2.05) is 36.7 Å². The molecule has 0 unspecified atom stereocenters. The number of nitrogens with one attached hydrogen (secondary N) is 4. The van der Waals surface area contributed by atoms with Crippen molar-refractivity contribution in [1.29, 1.82) is 0 Å². The van der Waals surface area contributed by atoms with Gasteiger partial charge in [-0.25, -0.2) is 0 Å². The number of hydrogen-bond donors (Lipinski definition) is 4. The van der Waals surface area contributed by atoms with Gasteiger partial charge in [0.15, 0.2) is 0 Å². The molecule has 2 heterocycles. The predicted octanol–water partition coefficient (Wildman–Crippen LogP) is 4.36. The fourth-order valence-corrected chi connectivity index (χ4v) is 5.78. The first-order valence-corrected chi connectivity index (χ1v) is 13.4. The van der Waals surface area contributed by atoms with Crippen molar-refractivity contribution >= 4 is 11.8 Å². The Kier molecular flexibility index (Phi) is 6.60. The molecule has 4 N–H and O–H groups in total. The highest BCUT2D eigenvalue weighted by Gasteiger charge is 2.26. The molecular weight excluding hydrogens is 474 g/mol. The molecule has 6 rings (SSSR count). The van der Waals surface area contributed by atoms with Crippen LogP contribution in [0.25, 0.3) is 22.5 Å². The Labute approximate surface area is 222 Å². The van der Waals surface area contributed by atoms with Gasteiger partial charge < -0.3 is 25.5 Å². The van der Waals surface area contributed by atoms with Crippen molar-refractivity contribution in [3.05, 3.63) is 94.3 Å². The van der Waals surface area contributed by atoms with Crippen molar-refractivity contribution in [2.75, 3.05) is 33.2 Å². The molecule has 0 atom stereocenters. The molecule has 0 radical (unpaired) electrons. The second-order valence-electron chi connectivity index (χ2n) is 10.3. The first-order chi connectivity index (χ1) is 18.6. The fraction of sp³-hybridized carbons (Fsp3) is 0.290. The van der Waals surface area contributed by atoms with Crippen LogP contribution in [-0.4, -0.2) is 59.9 Å². The Morgan fingerprint density at radius 2 is 1.18 bits per heavy atom. The maximum Gasteiger partial charge on any atom is 0.253 e. The number of carbonyl (C=O) groups is 2. The van der Waals surface area contributed by atoms with Crippen molar-refractivity contribution in [3.8, 4) is 22.5 Å². The molecule has 2 amide bonds. The summed E-state index contributed by atoms with van der Waals surface area (Å²) in [6, 6.07) is 16.6. The van der Waals surface area contributed by atoms with E-state index < -0.39 is 0 Å². The largest absolute Gasteiger partial charge is 0.360 e. The van der Waals surface area contributed by atoms with Crippen LogP contribution in [0.5, 0.6) is 0 Å². The highest BCUT2D eigenvalue weighted by molar-refractivity contribution is 5.99. The quantitative estimate of drug-likeness (QED) is 0.208. The number of hydrogen-bond acceptors (Lipinski definition) is 3. The first kappa shape index (κ1) is 24.2. The number of aromatic nitrogens is 2. The number of amides is 2. The summed E-state index contributed by atoms with van der Waals surface area (Å²) in [5.74, 6) is -0.0278. The van der Waals surface area contributed by atoms with Crippen LogP contribution >= 0.6 is 0 Å². The van der Waals surface area contributed by atoms with Crippen LogP contribution in [0, 0.1) is 0 Å². The normalized spacial score (nSPS) is 12.7. The van der Waals surface area contributed by atoms with Crippen LogP contribution in [0.15, 0.2) is 60.9 Å². The lowest BCUT2D eigenvalue weighted by Gasteiger charge is -2.17. The van der Waals surface area contributed by atoms with Crippen molar-refractivity contribution in [1.82, 2.24) is 25.5 Å². The van der Waals surface area contributed by atoms with Crippen LogP contribution < -0.4 is 10.6 Å². The van der Waals surface area contributed by atoms with Gasteiger partial charge in [-0.15, -0.1) is 0 Å². The molecule has 2 aromatic heterocycles. The monoisotopic (exact) mass is 507 g/mol. The number of nitrogens with zero attached hydrogens (tertiary/aromatic N) is 1. The highest BCUT2D eigenvalue weighted by Crippen LogP contribution is 2.38. The molecule has 2 aliphatic rings. The topological polar surface area (TPSA) is 93.0 Å². The van der Waals surface area contributed by atoms with Crippen LogP contribution in [0.4, 0.5) is 0 Å². The summed E-state index contributed by atoms with van der Waals surface area (Å²) in [7, 11) is 2.08.